The smallest absolute Gasteiger partial charge is 0.237 e. The molecule has 3 unspecified atom stereocenters. The first-order valence-corrected chi connectivity index (χ1v) is 28.7. The fourth-order valence-electron chi connectivity index (χ4n) is 10.7. The number of carbonyl (C=O) groups is 2. The molecule has 0 radical (unpaired) electrons. The molecule has 2 rings (SSSR count). The average molecular weight is 887 g/mol. The van der Waals surface area contributed by atoms with E-state index in [1.807, 2.05) is 0 Å². The van der Waals surface area contributed by atoms with Gasteiger partial charge in [-0.25, -0.2) is 0 Å². The Morgan fingerprint density at radius 3 is 1.11 bits per heavy atom. The van der Waals surface area contributed by atoms with Crippen molar-refractivity contribution in [3.8, 4) is 0 Å². The second kappa shape index (κ2) is 41.2. The summed E-state index contributed by atoms with van der Waals surface area (Å²) >= 11 is 0. The minimum atomic E-state index is -0.148. The Morgan fingerprint density at radius 1 is 0.429 bits per heavy atom. The van der Waals surface area contributed by atoms with Crippen LogP contribution in [-0.4, -0.2) is 120 Å². The maximum Gasteiger partial charge on any atom is 0.237 e. The lowest BCUT2D eigenvalue weighted by molar-refractivity contribution is -0.136. The second-order valence-electron chi connectivity index (χ2n) is 20.6. The van der Waals surface area contributed by atoms with Gasteiger partial charge in [0, 0.05) is 51.4 Å². The first kappa shape index (κ1) is 58.1. The molecule has 2 fully saturated rings. The fraction of sp³-hybridized carbons (Fsp3) is 0.964. The van der Waals surface area contributed by atoms with Gasteiger partial charge in [0.2, 0.25) is 5.91 Å². The van der Waals surface area contributed by atoms with Crippen LogP contribution in [0.4, 0.5) is 0 Å². The van der Waals surface area contributed by atoms with Gasteiger partial charge in [-0.3, -0.25) is 19.5 Å². The van der Waals surface area contributed by atoms with Gasteiger partial charge in [-0.2, -0.15) is 0 Å². The van der Waals surface area contributed by atoms with Gasteiger partial charge in [-0.15, -0.1) is 0 Å². The number of rotatable bonds is 48. The number of likely N-dealkylation sites (tertiary alicyclic amines) is 2. The normalized spacial score (nSPS) is 17.0. The van der Waals surface area contributed by atoms with E-state index < -0.39 is 0 Å². The van der Waals surface area contributed by atoms with E-state index in [2.05, 4.69) is 59.1 Å². The standard InChI is InChI=1S/C56H111N5O2/c1-6-11-16-21-26-31-36-41-57(42-37-32-27-22-17-12-7-2)46-47-58(43-38-33-28-23-18-13-8-3)51-56(63)61-50-53-48-54(61)49-60(53)55(52-62)59(44-39-34-29-24-19-14-9-4)45-40-35-30-25-20-15-10-5/h52-55H,6-51H2,1-5H3. The number of hydrogen-bond donors (Lipinski definition) is 0. The maximum absolute atomic E-state index is 14.3. The summed E-state index contributed by atoms with van der Waals surface area (Å²) in [5, 5.41) is 0. The minimum Gasteiger partial charge on any atom is -0.336 e. The summed E-state index contributed by atoms with van der Waals surface area (Å²) in [6.07, 6.45) is 48.6. The molecular weight excluding hydrogens is 775 g/mol. The molecule has 0 aromatic heterocycles. The van der Waals surface area contributed by atoms with Crippen LogP contribution in [-0.2, 0) is 9.59 Å². The molecule has 0 aliphatic carbocycles. The first-order chi connectivity index (χ1) is 31.0. The molecule has 2 heterocycles. The molecule has 0 aromatic rings. The van der Waals surface area contributed by atoms with Crippen molar-refractivity contribution in [1.82, 2.24) is 24.5 Å². The number of piperazine rings is 1. The van der Waals surface area contributed by atoms with Gasteiger partial charge < -0.3 is 14.6 Å². The van der Waals surface area contributed by atoms with E-state index in [0.717, 1.165) is 52.2 Å². The predicted molar refractivity (Wildman–Crippen MR) is 275 cm³/mol. The number of amides is 1. The van der Waals surface area contributed by atoms with Gasteiger partial charge in [-0.05, 0) is 58.2 Å². The largest absolute Gasteiger partial charge is 0.336 e. The minimum absolute atomic E-state index is 0.148. The topological polar surface area (TPSA) is 50.3 Å². The summed E-state index contributed by atoms with van der Waals surface area (Å²) in [6.45, 7) is 21.3. The summed E-state index contributed by atoms with van der Waals surface area (Å²) in [7, 11) is 0. The Balaban J connectivity index is 2.03. The number of aldehydes is 1. The Labute approximate surface area is 394 Å². The van der Waals surface area contributed by atoms with Crippen LogP contribution in [0.1, 0.15) is 266 Å². The van der Waals surface area contributed by atoms with E-state index in [4.69, 9.17) is 0 Å². The Morgan fingerprint density at radius 2 is 0.762 bits per heavy atom. The van der Waals surface area contributed by atoms with Crippen molar-refractivity contribution in [2.24, 2.45) is 0 Å². The van der Waals surface area contributed by atoms with Gasteiger partial charge in [0.15, 0.2) is 6.29 Å². The lowest BCUT2D eigenvalue weighted by Crippen LogP contribution is -2.58. The molecular formula is C56H111N5O2. The lowest BCUT2D eigenvalue weighted by Gasteiger charge is -2.42. The van der Waals surface area contributed by atoms with Crippen molar-refractivity contribution in [2.45, 2.75) is 284 Å². The number of hydrogen-bond acceptors (Lipinski definition) is 6. The maximum atomic E-state index is 14.3. The highest BCUT2D eigenvalue weighted by Crippen LogP contribution is 2.33. The van der Waals surface area contributed by atoms with Crippen LogP contribution in [0.2, 0.25) is 0 Å². The fourth-order valence-corrected chi connectivity index (χ4v) is 10.7. The summed E-state index contributed by atoms with van der Waals surface area (Å²) in [5.41, 5.74) is 0. The monoisotopic (exact) mass is 886 g/mol. The average Bonchev–Trinajstić information content (AvgIpc) is 3.91. The number of carbonyl (C=O) groups excluding carboxylic acids is 2. The van der Waals surface area contributed by atoms with Gasteiger partial charge in [0.1, 0.15) is 6.17 Å². The second-order valence-corrected chi connectivity index (χ2v) is 20.6. The van der Waals surface area contributed by atoms with Crippen molar-refractivity contribution < 1.29 is 9.59 Å². The Kier molecular flexibility index (Phi) is 38.0. The van der Waals surface area contributed by atoms with E-state index in [1.165, 1.54) is 244 Å². The summed E-state index contributed by atoms with van der Waals surface area (Å²) < 4.78 is 0. The lowest BCUT2D eigenvalue weighted by atomic mass is 10.1. The van der Waals surface area contributed by atoms with Crippen LogP contribution in [0.3, 0.4) is 0 Å². The third-order valence-corrected chi connectivity index (χ3v) is 14.9. The van der Waals surface area contributed by atoms with Crippen LogP contribution >= 0.6 is 0 Å². The number of fused-ring (bicyclic) bond motifs is 2. The summed E-state index contributed by atoms with van der Waals surface area (Å²) in [6, 6.07) is 0.547. The molecule has 1 amide bonds. The molecule has 2 aliphatic heterocycles. The molecule has 0 aromatic carbocycles. The zero-order valence-electron chi connectivity index (χ0n) is 43.4. The summed E-state index contributed by atoms with van der Waals surface area (Å²) in [5.74, 6) is 0.335. The predicted octanol–water partition coefficient (Wildman–Crippen LogP) is 14.5. The molecule has 372 valence electrons. The zero-order chi connectivity index (χ0) is 45.4. The highest BCUT2D eigenvalue weighted by atomic mass is 16.2. The highest BCUT2D eigenvalue weighted by molar-refractivity contribution is 5.79. The summed E-state index contributed by atoms with van der Waals surface area (Å²) in [4.78, 5) is 39.9. The molecule has 3 atom stereocenters. The van der Waals surface area contributed by atoms with Gasteiger partial charge in [0.25, 0.3) is 0 Å². The Hall–Kier alpha value is -1.02. The van der Waals surface area contributed by atoms with Gasteiger partial charge >= 0.3 is 0 Å². The van der Waals surface area contributed by atoms with Crippen LogP contribution in [0.25, 0.3) is 0 Å². The molecule has 0 N–H and O–H groups in total. The highest BCUT2D eigenvalue weighted by Gasteiger charge is 2.48. The van der Waals surface area contributed by atoms with Crippen LogP contribution in [0.5, 0.6) is 0 Å². The van der Waals surface area contributed by atoms with Crippen molar-refractivity contribution in [3.63, 3.8) is 0 Å². The third kappa shape index (κ3) is 28.0. The molecule has 2 bridgehead atoms. The van der Waals surface area contributed by atoms with Crippen molar-refractivity contribution in [3.05, 3.63) is 0 Å². The quantitative estimate of drug-likeness (QED) is 0.0448. The molecule has 7 heteroatoms. The van der Waals surface area contributed by atoms with Gasteiger partial charge in [0.05, 0.1) is 6.54 Å². The molecule has 7 nitrogen and oxygen atoms in total. The van der Waals surface area contributed by atoms with Crippen molar-refractivity contribution in [1.29, 1.82) is 0 Å². The van der Waals surface area contributed by atoms with Crippen molar-refractivity contribution in [2.75, 3.05) is 65.4 Å². The molecule has 0 saturated carbocycles. The first-order valence-electron chi connectivity index (χ1n) is 28.7. The van der Waals surface area contributed by atoms with Crippen LogP contribution in [0, 0.1) is 0 Å². The van der Waals surface area contributed by atoms with E-state index in [0.29, 0.717) is 18.5 Å². The van der Waals surface area contributed by atoms with Crippen LogP contribution in [0.15, 0.2) is 0 Å². The molecule has 2 aliphatic rings. The SMILES string of the molecule is CCCCCCCCCN(CCCCCCCCC)CCN(CCCCCCCCC)CC(=O)N1CC2CC1CN2C(C=O)N(CCCCCCCCC)CCCCCCCCC. The Bertz CT molecular complexity index is 992. The third-order valence-electron chi connectivity index (χ3n) is 14.9. The zero-order valence-corrected chi connectivity index (χ0v) is 43.4. The van der Waals surface area contributed by atoms with Gasteiger partial charge in [-0.1, -0.05) is 227 Å². The van der Waals surface area contributed by atoms with E-state index in [1.54, 1.807) is 0 Å². The van der Waals surface area contributed by atoms with Crippen LogP contribution < -0.4 is 0 Å². The van der Waals surface area contributed by atoms with E-state index in [-0.39, 0.29) is 12.2 Å². The van der Waals surface area contributed by atoms with E-state index in [9.17, 15) is 9.59 Å². The number of nitrogens with zero attached hydrogens (tertiary/aromatic N) is 5. The van der Waals surface area contributed by atoms with Crippen molar-refractivity contribution >= 4 is 12.2 Å². The molecule has 2 saturated heterocycles. The van der Waals surface area contributed by atoms with E-state index >= 15 is 0 Å². The molecule has 63 heavy (non-hydrogen) atoms. The molecule has 0 spiro atoms. The number of unbranched alkanes of at least 4 members (excludes halogenated alkanes) is 30.